The largest absolute Gasteiger partial charge is 0.494 e. The van der Waals surface area contributed by atoms with Crippen molar-refractivity contribution in [3.05, 3.63) is 29.8 Å². The lowest BCUT2D eigenvalue weighted by molar-refractivity contribution is -0.121. The molecule has 108 valence electrons. The predicted octanol–water partition coefficient (Wildman–Crippen LogP) is 1.40. The number of carbonyl (C=O) groups excluding carboxylic acids is 1. The molecule has 5 heteroatoms. The third-order valence-corrected chi connectivity index (χ3v) is 2.96. The number of hydrogen-bond acceptors (Lipinski definition) is 4. The summed E-state index contributed by atoms with van der Waals surface area (Å²) in [6.07, 6.45) is 0.852. The number of carbonyl (C=O) groups is 1. The summed E-state index contributed by atoms with van der Waals surface area (Å²) in [6.45, 7) is 4.70. The van der Waals surface area contributed by atoms with E-state index in [1.807, 2.05) is 6.92 Å². The zero-order chi connectivity index (χ0) is 14.8. The van der Waals surface area contributed by atoms with Crippen LogP contribution in [0.25, 0.3) is 0 Å². The van der Waals surface area contributed by atoms with Gasteiger partial charge in [-0.2, -0.15) is 5.26 Å². The van der Waals surface area contributed by atoms with Gasteiger partial charge < -0.3 is 10.1 Å². The Morgan fingerprint density at radius 2 is 2.10 bits per heavy atom. The van der Waals surface area contributed by atoms with Gasteiger partial charge in [0.25, 0.3) is 0 Å². The fraction of sp³-hybridized carbons (Fsp3) is 0.467. The van der Waals surface area contributed by atoms with Crippen molar-refractivity contribution in [1.82, 2.24) is 10.2 Å². The molecule has 0 saturated heterocycles. The van der Waals surface area contributed by atoms with Gasteiger partial charge in [0, 0.05) is 13.6 Å². The smallest absolute Gasteiger partial charge is 0.233 e. The molecule has 5 nitrogen and oxygen atoms in total. The Balaban J connectivity index is 2.26. The molecule has 0 aliphatic heterocycles. The maximum Gasteiger partial charge on any atom is 0.233 e. The van der Waals surface area contributed by atoms with E-state index in [1.165, 1.54) is 0 Å². The monoisotopic (exact) mass is 275 g/mol. The Kier molecular flexibility index (Phi) is 7.15. The quantitative estimate of drug-likeness (QED) is 0.728. The summed E-state index contributed by atoms with van der Waals surface area (Å²) in [5, 5.41) is 11.3. The summed E-state index contributed by atoms with van der Waals surface area (Å²) in [6, 6.07) is 9.12. The number of benzene rings is 1. The van der Waals surface area contributed by atoms with Crippen molar-refractivity contribution in [3.8, 4) is 11.8 Å². The van der Waals surface area contributed by atoms with Crippen molar-refractivity contribution in [2.24, 2.45) is 0 Å². The van der Waals surface area contributed by atoms with Gasteiger partial charge in [-0.15, -0.1) is 0 Å². The van der Waals surface area contributed by atoms with Gasteiger partial charge in [-0.05, 0) is 37.2 Å². The maximum absolute atomic E-state index is 11.3. The Morgan fingerprint density at radius 1 is 1.40 bits per heavy atom. The van der Waals surface area contributed by atoms with Crippen LogP contribution in [-0.4, -0.2) is 44.1 Å². The second kappa shape index (κ2) is 8.94. The predicted molar refractivity (Wildman–Crippen MR) is 77.4 cm³/mol. The molecule has 1 rings (SSSR count). The van der Waals surface area contributed by atoms with Crippen LogP contribution in [-0.2, 0) is 4.79 Å². The molecule has 0 spiro atoms. The molecule has 0 bridgehead atoms. The van der Waals surface area contributed by atoms with Gasteiger partial charge in [-0.1, -0.05) is 6.92 Å². The number of nitrogens with zero attached hydrogens (tertiary/aromatic N) is 2. The highest BCUT2D eigenvalue weighted by atomic mass is 16.5. The van der Waals surface area contributed by atoms with Gasteiger partial charge >= 0.3 is 0 Å². The van der Waals surface area contributed by atoms with E-state index in [0.29, 0.717) is 18.7 Å². The van der Waals surface area contributed by atoms with Crippen molar-refractivity contribution in [3.63, 3.8) is 0 Å². The first-order chi connectivity index (χ1) is 9.69. The van der Waals surface area contributed by atoms with Crippen LogP contribution < -0.4 is 10.1 Å². The first-order valence-corrected chi connectivity index (χ1v) is 6.75. The Labute approximate surface area is 120 Å². The van der Waals surface area contributed by atoms with E-state index in [0.717, 1.165) is 25.3 Å². The summed E-state index contributed by atoms with van der Waals surface area (Å²) in [5.74, 6) is 0.790. The van der Waals surface area contributed by atoms with Gasteiger partial charge in [0.05, 0.1) is 24.8 Å². The summed E-state index contributed by atoms with van der Waals surface area (Å²) >= 11 is 0. The van der Waals surface area contributed by atoms with Crippen LogP contribution >= 0.6 is 0 Å². The lowest BCUT2D eigenvalue weighted by atomic mass is 10.2. The molecule has 0 fully saturated rings. The molecule has 0 heterocycles. The lowest BCUT2D eigenvalue weighted by Gasteiger charge is -2.19. The number of likely N-dealkylation sites (N-methyl/N-ethyl adjacent to an activating group) is 2. The minimum Gasteiger partial charge on any atom is -0.494 e. The Bertz CT molecular complexity index is 451. The Morgan fingerprint density at radius 3 is 2.65 bits per heavy atom. The number of hydrogen-bond donors (Lipinski definition) is 1. The van der Waals surface area contributed by atoms with E-state index in [1.54, 1.807) is 31.3 Å². The van der Waals surface area contributed by atoms with Crippen LogP contribution in [0.3, 0.4) is 0 Å². The van der Waals surface area contributed by atoms with E-state index >= 15 is 0 Å². The molecular weight excluding hydrogens is 254 g/mol. The van der Waals surface area contributed by atoms with Crippen molar-refractivity contribution in [2.75, 3.05) is 33.3 Å². The molecule has 1 N–H and O–H groups in total. The van der Waals surface area contributed by atoms with Gasteiger partial charge in [0.2, 0.25) is 5.91 Å². The minimum atomic E-state index is 0.0276. The first-order valence-electron chi connectivity index (χ1n) is 6.75. The third-order valence-electron chi connectivity index (χ3n) is 2.96. The lowest BCUT2D eigenvalue weighted by Crippen LogP contribution is -2.36. The number of nitrogens with one attached hydrogen (secondary N) is 1. The average molecular weight is 275 g/mol. The molecule has 1 amide bonds. The zero-order valence-corrected chi connectivity index (χ0v) is 12.1. The van der Waals surface area contributed by atoms with Gasteiger partial charge in [0.1, 0.15) is 5.75 Å². The van der Waals surface area contributed by atoms with Crippen molar-refractivity contribution in [2.45, 2.75) is 13.3 Å². The highest BCUT2D eigenvalue weighted by Gasteiger charge is 2.06. The molecular formula is C15H21N3O2. The van der Waals surface area contributed by atoms with Crippen LogP contribution in [0.5, 0.6) is 5.75 Å². The molecule has 1 aromatic carbocycles. The summed E-state index contributed by atoms with van der Waals surface area (Å²) in [4.78, 5) is 13.4. The number of ether oxygens (including phenoxy) is 1. The van der Waals surface area contributed by atoms with Crippen molar-refractivity contribution in [1.29, 1.82) is 5.26 Å². The summed E-state index contributed by atoms with van der Waals surface area (Å²) in [7, 11) is 1.64. The van der Waals surface area contributed by atoms with E-state index < -0.39 is 0 Å². The van der Waals surface area contributed by atoms with E-state index in [4.69, 9.17) is 10.00 Å². The summed E-state index contributed by atoms with van der Waals surface area (Å²) < 4.78 is 5.60. The number of amides is 1. The normalized spacial score (nSPS) is 10.1. The molecule has 0 unspecified atom stereocenters. The number of nitriles is 1. The standard InChI is InChI=1S/C15H21N3O2/c1-3-18(12-15(19)17-2)9-4-10-20-14-7-5-13(11-16)6-8-14/h5-8H,3-4,9-10,12H2,1-2H3,(H,17,19). The average Bonchev–Trinajstić information content (AvgIpc) is 2.50. The molecule has 0 aliphatic rings. The topological polar surface area (TPSA) is 65.4 Å². The van der Waals surface area contributed by atoms with Gasteiger partial charge in [0.15, 0.2) is 0 Å². The van der Waals surface area contributed by atoms with Crippen LogP contribution in [0.15, 0.2) is 24.3 Å². The highest BCUT2D eigenvalue weighted by molar-refractivity contribution is 5.77. The highest BCUT2D eigenvalue weighted by Crippen LogP contribution is 2.11. The van der Waals surface area contributed by atoms with Crippen molar-refractivity contribution >= 4 is 5.91 Å². The summed E-state index contributed by atoms with van der Waals surface area (Å²) in [5.41, 5.74) is 0.625. The molecule has 1 aromatic rings. The SMILES string of the molecule is CCN(CCCOc1ccc(C#N)cc1)CC(=O)NC. The molecule has 0 aliphatic carbocycles. The molecule has 0 aromatic heterocycles. The Hall–Kier alpha value is -2.06. The molecule has 0 saturated carbocycles. The second-order valence-electron chi connectivity index (χ2n) is 4.38. The molecule has 20 heavy (non-hydrogen) atoms. The fourth-order valence-electron chi connectivity index (χ4n) is 1.73. The second-order valence-corrected chi connectivity index (χ2v) is 4.38. The van der Waals surface area contributed by atoms with Gasteiger partial charge in [-0.3, -0.25) is 9.69 Å². The van der Waals surface area contributed by atoms with Crippen LogP contribution in [0.2, 0.25) is 0 Å². The zero-order valence-electron chi connectivity index (χ0n) is 12.1. The molecule has 0 radical (unpaired) electrons. The van der Waals surface area contributed by atoms with Gasteiger partial charge in [-0.25, -0.2) is 0 Å². The fourth-order valence-corrected chi connectivity index (χ4v) is 1.73. The maximum atomic E-state index is 11.3. The third kappa shape index (κ3) is 5.72. The van der Waals surface area contributed by atoms with E-state index in [9.17, 15) is 4.79 Å². The van der Waals surface area contributed by atoms with Crippen LogP contribution in [0, 0.1) is 11.3 Å². The minimum absolute atomic E-state index is 0.0276. The van der Waals surface area contributed by atoms with Crippen molar-refractivity contribution < 1.29 is 9.53 Å². The van der Waals surface area contributed by atoms with Crippen LogP contribution in [0.1, 0.15) is 18.9 Å². The number of rotatable bonds is 8. The van der Waals surface area contributed by atoms with E-state index in [2.05, 4.69) is 16.3 Å². The molecule has 0 atom stereocenters. The van der Waals surface area contributed by atoms with Crippen LogP contribution in [0.4, 0.5) is 0 Å². The first kappa shape index (κ1) is 16.0. The van der Waals surface area contributed by atoms with E-state index in [-0.39, 0.29) is 5.91 Å².